The molecule has 0 atom stereocenters. The number of para-hydroxylation sites is 1. The Morgan fingerprint density at radius 3 is 2.67 bits per heavy atom. The number of likely N-dealkylation sites (N-methyl/N-ethyl adjacent to an activating group) is 2. The normalized spacial score (nSPS) is 11.2. The highest BCUT2D eigenvalue weighted by Crippen LogP contribution is 2.36. The maximum Gasteiger partial charge on any atom is 0.230 e. The van der Waals surface area contributed by atoms with Gasteiger partial charge in [0, 0.05) is 50.4 Å². The zero-order chi connectivity index (χ0) is 23.5. The standard InChI is InChI=1S/C24H30N8O/c1-30(2)11-12-31(3)20-14-21(33-5)19(13-18(20)25)28-24-27-15-26-23(29-24)17-8-6-7-16-9-10-32(4)22(16)17/h6-10,13-15H,11-12,25H2,1-5H3,(H,26,27,28,29). The Morgan fingerprint density at radius 2 is 1.91 bits per heavy atom. The lowest BCUT2D eigenvalue weighted by Gasteiger charge is -2.24. The van der Waals surface area contributed by atoms with Crippen molar-refractivity contribution in [1.29, 1.82) is 0 Å². The molecule has 0 saturated carbocycles. The number of benzene rings is 2. The van der Waals surface area contributed by atoms with Gasteiger partial charge < -0.3 is 30.2 Å². The fourth-order valence-electron chi connectivity index (χ4n) is 3.80. The van der Waals surface area contributed by atoms with Crippen LogP contribution >= 0.6 is 0 Å². The quantitative estimate of drug-likeness (QED) is 0.398. The van der Waals surface area contributed by atoms with Crippen LogP contribution < -0.4 is 20.7 Å². The Labute approximate surface area is 193 Å². The molecule has 2 heterocycles. The van der Waals surface area contributed by atoms with Crippen molar-refractivity contribution in [2.75, 3.05) is 57.3 Å². The van der Waals surface area contributed by atoms with Gasteiger partial charge in [-0.3, -0.25) is 0 Å². The fourth-order valence-corrected chi connectivity index (χ4v) is 3.80. The Bertz CT molecular complexity index is 1270. The monoisotopic (exact) mass is 446 g/mol. The summed E-state index contributed by atoms with van der Waals surface area (Å²) in [4.78, 5) is 17.6. The summed E-state index contributed by atoms with van der Waals surface area (Å²) in [5.41, 5.74) is 10.6. The molecular formula is C24H30N8O. The van der Waals surface area contributed by atoms with Gasteiger partial charge >= 0.3 is 0 Å². The molecule has 33 heavy (non-hydrogen) atoms. The van der Waals surface area contributed by atoms with Crippen molar-refractivity contribution in [3.8, 4) is 17.1 Å². The molecular weight excluding hydrogens is 416 g/mol. The van der Waals surface area contributed by atoms with Crippen molar-refractivity contribution in [3.63, 3.8) is 0 Å². The molecule has 9 nitrogen and oxygen atoms in total. The summed E-state index contributed by atoms with van der Waals surface area (Å²) < 4.78 is 7.70. The molecule has 2 aromatic carbocycles. The van der Waals surface area contributed by atoms with Gasteiger partial charge in [-0.2, -0.15) is 4.98 Å². The second-order valence-electron chi connectivity index (χ2n) is 8.26. The summed E-state index contributed by atoms with van der Waals surface area (Å²) in [6.45, 7) is 1.76. The van der Waals surface area contributed by atoms with E-state index in [9.17, 15) is 0 Å². The zero-order valence-corrected chi connectivity index (χ0v) is 19.7. The number of anilines is 4. The highest BCUT2D eigenvalue weighted by Gasteiger charge is 2.15. The van der Waals surface area contributed by atoms with Crippen LogP contribution in [-0.2, 0) is 7.05 Å². The maximum absolute atomic E-state index is 6.39. The Hall–Kier alpha value is -3.85. The predicted molar refractivity (Wildman–Crippen MR) is 134 cm³/mol. The Morgan fingerprint density at radius 1 is 1.09 bits per heavy atom. The fraction of sp³-hybridized carbons (Fsp3) is 0.292. The molecule has 3 N–H and O–H groups in total. The molecule has 4 aromatic rings. The molecule has 0 spiro atoms. The van der Waals surface area contributed by atoms with Crippen molar-refractivity contribution >= 4 is 33.9 Å². The van der Waals surface area contributed by atoms with E-state index in [2.05, 4.69) is 46.8 Å². The van der Waals surface area contributed by atoms with Crippen molar-refractivity contribution < 1.29 is 4.74 Å². The van der Waals surface area contributed by atoms with Crippen molar-refractivity contribution in [1.82, 2.24) is 24.4 Å². The molecule has 4 rings (SSSR count). The lowest BCUT2D eigenvalue weighted by atomic mass is 10.1. The van der Waals surface area contributed by atoms with E-state index in [0.29, 0.717) is 28.9 Å². The van der Waals surface area contributed by atoms with Crippen LogP contribution in [0.1, 0.15) is 0 Å². The third kappa shape index (κ3) is 4.68. The highest BCUT2D eigenvalue weighted by atomic mass is 16.5. The van der Waals surface area contributed by atoms with Gasteiger partial charge in [0.25, 0.3) is 0 Å². The second kappa shape index (κ2) is 9.33. The summed E-state index contributed by atoms with van der Waals surface area (Å²) in [5, 5.41) is 4.38. The molecule has 0 saturated heterocycles. The first-order chi connectivity index (χ1) is 15.9. The van der Waals surface area contributed by atoms with Gasteiger partial charge in [0.05, 0.1) is 29.7 Å². The van der Waals surface area contributed by atoms with Crippen LogP contribution in [0.15, 0.2) is 48.9 Å². The van der Waals surface area contributed by atoms with Gasteiger partial charge in [-0.25, -0.2) is 9.97 Å². The molecule has 0 unspecified atom stereocenters. The number of rotatable bonds is 8. The molecule has 0 fully saturated rings. The number of ether oxygens (including phenoxy) is 1. The van der Waals surface area contributed by atoms with Crippen LogP contribution in [0.5, 0.6) is 5.75 Å². The van der Waals surface area contributed by atoms with E-state index < -0.39 is 0 Å². The highest BCUT2D eigenvalue weighted by molar-refractivity contribution is 5.93. The lowest BCUT2D eigenvalue weighted by Crippen LogP contribution is -2.29. The molecule has 0 aliphatic rings. The van der Waals surface area contributed by atoms with Crippen LogP contribution in [-0.4, -0.2) is 65.8 Å². The molecule has 0 radical (unpaired) electrons. The summed E-state index contributed by atoms with van der Waals surface area (Å²) in [5.74, 6) is 1.66. The minimum absolute atomic E-state index is 0.414. The van der Waals surface area contributed by atoms with Crippen LogP contribution in [0, 0.1) is 0 Å². The smallest absolute Gasteiger partial charge is 0.230 e. The topological polar surface area (TPSA) is 97.4 Å². The van der Waals surface area contributed by atoms with Crippen LogP contribution in [0.4, 0.5) is 23.0 Å². The number of nitrogens with zero attached hydrogens (tertiary/aromatic N) is 6. The van der Waals surface area contributed by atoms with E-state index in [1.807, 2.05) is 58.7 Å². The second-order valence-corrected chi connectivity index (χ2v) is 8.26. The first kappa shape index (κ1) is 22.3. The predicted octanol–water partition coefficient (Wildman–Crippen LogP) is 3.36. The molecule has 0 bridgehead atoms. The van der Waals surface area contributed by atoms with Gasteiger partial charge in [-0.1, -0.05) is 12.1 Å². The number of nitrogens with one attached hydrogen (secondary N) is 1. The molecule has 0 aliphatic carbocycles. The number of fused-ring (bicyclic) bond motifs is 1. The molecule has 0 aliphatic heterocycles. The maximum atomic E-state index is 6.39. The number of methoxy groups -OCH3 is 1. The summed E-state index contributed by atoms with van der Waals surface area (Å²) in [7, 11) is 9.76. The number of aromatic nitrogens is 4. The Balaban J connectivity index is 1.64. The third-order valence-electron chi connectivity index (χ3n) is 5.60. The molecule has 9 heteroatoms. The van der Waals surface area contributed by atoms with Crippen LogP contribution in [0.25, 0.3) is 22.3 Å². The van der Waals surface area contributed by atoms with Gasteiger partial charge in [0.2, 0.25) is 5.95 Å². The average Bonchev–Trinajstić information content (AvgIpc) is 3.19. The van der Waals surface area contributed by atoms with Crippen LogP contribution in [0.2, 0.25) is 0 Å². The minimum Gasteiger partial charge on any atom is -0.494 e. The van der Waals surface area contributed by atoms with E-state index in [1.165, 1.54) is 6.33 Å². The number of hydrogen-bond acceptors (Lipinski definition) is 8. The average molecular weight is 447 g/mol. The molecule has 172 valence electrons. The van der Waals surface area contributed by atoms with E-state index in [4.69, 9.17) is 10.5 Å². The number of nitrogens with two attached hydrogens (primary N) is 1. The lowest BCUT2D eigenvalue weighted by molar-refractivity contribution is 0.413. The Kier molecular flexibility index (Phi) is 6.32. The first-order valence-corrected chi connectivity index (χ1v) is 10.7. The van der Waals surface area contributed by atoms with E-state index in [-0.39, 0.29) is 0 Å². The number of hydrogen-bond donors (Lipinski definition) is 2. The van der Waals surface area contributed by atoms with E-state index >= 15 is 0 Å². The van der Waals surface area contributed by atoms with Crippen molar-refractivity contribution in [2.45, 2.75) is 0 Å². The van der Waals surface area contributed by atoms with Gasteiger partial charge in [0.1, 0.15) is 12.1 Å². The largest absolute Gasteiger partial charge is 0.494 e. The molecule has 0 amide bonds. The van der Waals surface area contributed by atoms with Crippen molar-refractivity contribution in [3.05, 3.63) is 48.9 Å². The van der Waals surface area contributed by atoms with Crippen molar-refractivity contribution in [2.24, 2.45) is 7.05 Å². The van der Waals surface area contributed by atoms with Gasteiger partial charge in [-0.05, 0) is 32.3 Å². The van der Waals surface area contributed by atoms with E-state index in [1.54, 1.807) is 7.11 Å². The van der Waals surface area contributed by atoms with Gasteiger partial charge in [-0.15, -0.1) is 0 Å². The number of nitrogen functional groups attached to an aromatic ring is 1. The zero-order valence-electron chi connectivity index (χ0n) is 19.7. The number of aryl methyl sites for hydroxylation is 1. The van der Waals surface area contributed by atoms with Gasteiger partial charge in [0.15, 0.2) is 5.82 Å². The summed E-state index contributed by atoms with van der Waals surface area (Å²) in [6, 6.07) is 11.9. The van der Waals surface area contributed by atoms with E-state index in [0.717, 1.165) is 35.2 Å². The first-order valence-electron chi connectivity index (χ1n) is 10.7. The molecule has 2 aromatic heterocycles. The minimum atomic E-state index is 0.414. The summed E-state index contributed by atoms with van der Waals surface area (Å²) in [6.07, 6.45) is 3.53. The third-order valence-corrected chi connectivity index (χ3v) is 5.60. The summed E-state index contributed by atoms with van der Waals surface area (Å²) >= 11 is 0. The SMILES string of the molecule is COc1cc(N(C)CCN(C)C)c(N)cc1Nc1ncnc(-c2cccc3ccn(C)c23)n1. The van der Waals surface area contributed by atoms with Crippen LogP contribution in [0.3, 0.4) is 0 Å².